The van der Waals surface area contributed by atoms with Gasteiger partial charge in [0.05, 0.1) is 6.61 Å². The number of methoxy groups -OCH3 is 1. The van der Waals surface area contributed by atoms with Crippen molar-refractivity contribution in [1.82, 2.24) is 19.7 Å². The molecule has 0 unspecified atom stereocenters. The first-order valence-corrected chi connectivity index (χ1v) is 4.87. The second kappa shape index (κ2) is 4.71. The number of nitrogens with one attached hydrogen (secondary N) is 1. The van der Waals surface area contributed by atoms with Crippen molar-refractivity contribution in [3.05, 3.63) is 35.0 Å². The van der Waals surface area contributed by atoms with Crippen molar-refractivity contribution in [3.8, 4) is 11.4 Å². The lowest BCUT2D eigenvalue weighted by Crippen LogP contribution is -2.07. The van der Waals surface area contributed by atoms with Crippen LogP contribution in [0.3, 0.4) is 0 Å². The summed E-state index contributed by atoms with van der Waals surface area (Å²) < 4.78 is 6.86. The van der Waals surface area contributed by atoms with Crippen LogP contribution in [0.25, 0.3) is 11.4 Å². The van der Waals surface area contributed by atoms with Crippen LogP contribution in [-0.4, -0.2) is 33.5 Å². The predicted molar refractivity (Wildman–Crippen MR) is 58.0 cm³/mol. The maximum atomic E-state index is 10.9. The summed E-state index contributed by atoms with van der Waals surface area (Å²) in [5.74, 6) is 0.716. The molecule has 6 heteroatoms. The average Bonchev–Trinajstić information content (AvgIpc) is 2.75. The van der Waals surface area contributed by atoms with Gasteiger partial charge in [0, 0.05) is 31.5 Å². The largest absolute Gasteiger partial charge is 0.383 e. The van der Waals surface area contributed by atoms with E-state index in [1.54, 1.807) is 25.7 Å². The number of hydrogen-bond donors (Lipinski definition) is 1. The molecule has 0 saturated heterocycles. The Balaban J connectivity index is 2.29. The second-order valence-electron chi connectivity index (χ2n) is 3.28. The van der Waals surface area contributed by atoms with Crippen LogP contribution < -0.4 is 5.56 Å². The topological polar surface area (TPSA) is 72.8 Å². The monoisotopic (exact) mass is 220 g/mol. The van der Waals surface area contributed by atoms with Crippen molar-refractivity contribution in [2.24, 2.45) is 0 Å². The van der Waals surface area contributed by atoms with E-state index in [-0.39, 0.29) is 5.56 Å². The molecule has 84 valence electrons. The Kier molecular flexibility index (Phi) is 3.11. The number of ether oxygens (including phenoxy) is 1. The number of nitrogens with zero attached hydrogens (tertiary/aromatic N) is 3. The van der Waals surface area contributed by atoms with Gasteiger partial charge in [0.1, 0.15) is 6.33 Å². The Morgan fingerprint density at radius 3 is 3.06 bits per heavy atom. The lowest BCUT2D eigenvalue weighted by atomic mass is 10.3. The molecule has 2 aromatic heterocycles. The van der Waals surface area contributed by atoms with Crippen LogP contribution in [0.2, 0.25) is 0 Å². The molecule has 0 aliphatic rings. The first kappa shape index (κ1) is 10.6. The molecule has 0 aromatic carbocycles. The summed E-state index contributed by atoms with van der Waals surface area (Å²) in [7, 11) is 1.64. The molecule has 0 spiro atoms. The molecule has 0 aliphatic carbocycles. The summed E-state index contributed by atoms with van der Waals surface area (Å²) in [5.41, 5.74) is 0.694. The molecular formula is C10H12N4O2. The van der Waals surface area contributed by atoms with E-state index in [1.165, 1.54) is 6.07 Å². The van der Waals surface area contributed by atoms with Crippen LogP contribution in [0, 0.1) is 0 Å². The minimum atomic E-state index is -0.133. The molecule has 2 heterocycles. The third-order valence-corrected chi connectivity index (χ3v) is 2.19. The van der Waals surface area contributed by atoms with Crippen LogP contribution in [0.15, 0.2) is 29.5 Å². The minimum Gasteiger partial charge on any atom is -0.383 e. The molecule has 0 saturated carbocycles. The Bertz CT molecular complexity index is 497. The summed E-state index contributed by atoms with van der Waals surface area (Å²) in [6.45, 7) is 1.27. The number of aromatic nitrogens is 4. The van der Waals surface area contributed by atoms with Gasteiger partial charge in [-0.15, -0.1) is 10.2 Å². The van der Waals surface area contributed by atoms with Crippen LogP contribution in [0.1, 0.15) is 0 Å². The minimum absolute atomic E-state index is 0.133. The van der Waals surface area contributed by atoms with E-state index < -0.39 is 0 Å². The van der Waals surface area contributed by atoms with E-state index in [2.05, 4.69) is 15.2 Å². The number of rotatable bonds is 4. The fourth-order valence-corrected chi connectivity index (χ4v) is 1.38. The van der Waals surface area contributed by atoms with E-state index in [1.807, 2.05) is 4.57 Å². The van der Waals surface area contributed by atoms with Gasteiger partial charge in [-0.25, -0.2) is 0 Å². The lowest BCUT2D eigenvalue weighted by molar-refractivity contribution is 0.187. The zero-order valence-corrected chi connectivity index (χ0v) is 8.88. The Morgan fingerprint density at radius 2 is 2.38 bits per heavy atom. The fourth-order valence-electron chi connectivity index (χ4n) is 1.38. The summed E-state index contributed by atoms with van der Waals surface area (Å²) in [4.78, 5) is 13.5. The summed E-state index contributed by atoms with van der Waals surface area (Å²) in [6, 6.07) is 3.18. The number of aromatic amines is 1. The van der Waals surface area contributed by atoms with Gasteiger partial charge in [-0.05, 0) is 6.07 Å². The van der Waals surface area contributed by atoms with E-state index in [4.69, 9.17) is 4.74 Å². The molecule has 0 bridgehead atoms. The predicted octanol–water partition coefficient (Wildman–Crippen LogP) is 0.280. The van der Waals surface area contributed by atoms with Gasteiger partial charge in [0.15, 0.2) is 5.82 Å². The fraction of sp³-hybridized carbons (Fsp3) is 0.300. The highest BCUT2D eigenvalue weighted by Gasteiger charge is 2.06. The van der Waals surface area contributed by atoms with Gasteiger partial charge in [-0.2, -0.15) is 0 Å². The highest BCUT2D eigenvalue weighted by molar-refractivity contribution is 5.52. The standard InChI is InChI=1S/C10H12N4O2/c1-16-5-4-14-7-12-13-10(14)8-2-3-9(15)11-6-8/h2-3,6-7H,4-5H2,1H3,(H,11,15). The first-order chi connectivity index (χ1) is 7.81. The first-order valence-electron chi connectivity index (χ1n) is 4.87. The zero-order chi connectivity index (χ0) is 11.4. The van der Waals surface area contributed by atoms with Gasteiger partial charge >= 0.3 is 0 Å². The summed E-state index contributed by atoms with van der Waals surface area (Å²) in [6.07, 6.45) is 3.26. The van der Waals surface area contributed by atoms with Crippen LogP contribution >= 0.6 is 0 Å². The molecule has 2 aromatic rings. The van der Waals surface area contributed by atoms with Crippen molar-refractivity contribution in [3.63, 3.8) is 0 Å². The van der Waals surface area contributed by atoms with Gasteiger partial charge in [-0.3, -0.25) is 4.79 Å². The molecule has 1 N–H and O–H groups in total. The highest BCUT2D eigenvalue weighted by atomic mass is 16.5. The molecular weight excluding hydrogens is 208 g/mol. The highest BCUT2D eigenvalue weighted by Crippen LogP contribution is 2.13. The smallest absolute Gasteiger partial charge is 0.247 e. The van der Waals surface area contributed by atoms with Crippen LogP contribution in [0.4, 0.5) is 0 Å². The lowest BCUT2D eigenvalue weighted by Gasteiger charge is -2.04. The van der Waals surface area contributed by atoms with Crippen molar-refractivity contribution in [1.29, 1.82) is 0 Å². The number of pyridine rings is 1. The van der Waals surface area contributed by atoms with Crippen molar-refractivity contribution < 1.29 is 4.74 Å². The van der Waals surface area contributed by atoms with Crippen molar-refractivity contribution in [2.75, 3.05) is 13.7 Å². The number of hydrogen-bond acceptors (Lipinski definition) is 4. The molecule has 0 amide bonds. The third kappa shape index (κ3) is 2.17. The van der Waals surface area contributed by atoms with E-state index in [0.717, 1.165) is 5.56 Å². The van der Waals surface area contributed by atoms with Crippen LogP contribution in [-0.2, 0) is 11.3 Å². The normalized spacial score (nSPS) is 10.6. The molecule has 6 nitrogen and oxygen atoms in total. The quantitative estimate of drug-likeness (QED) is 0.803. The average molecular weight is 220 g/mol. The van der Waals surface area contributed by atoms with E-state index in [9.17, 15) is 4.79 Å². The molecule has 0 atom stereocenters. The molecule has 0 radical (unpaired) electrons. The second-order valence-corrected chi connectivity index (χ2v) is 3.28. The third-order valence-electron chi connectivity index (χ3n) is 2.19. The Morgan fingerprint density at radius 1 is 1.50 bits per heavy atom. The molecule has 0 fully saturated rings. The SMILES string of the molecule is COCCn1cnnc1-c1ccc(=O)[nH]c1. The van der Waals surface area contributed by atoms with E-state index in [0.29, 0.717) is 19.0 Å². The maximum absolute atomic E-state index is 10.9. The van der Waals surface area contributed by atoms with Crippen molar-refractivity contribution in [2.45, 2.75) is 6.54 Å². The molecule has 2 rings (SSSR count). The van der Waals surface area contributed by atoms with Gasteiger partial charge in [0.2, 0.25) is 5.56 Å². The maximum Gasteiger partial charge on any atom is 0.247 e. The van der Waals surface area contributed by atoms with Gasteiger partial charge in [-0.1, -0.05) is 0 Å². The molecule has 16 heavy (non-hydrogen) atoms. The number of H-pyrrole nitrogens is 1. The molecule has 0 aliphatic heterocycles. The zero-order valence-electron chi connectivity index (χ0n) is 8.88. The van der Waals surface area contributed by atoms with Crippen LogP contribution in [0.5, 0.6) is 0 Å². The van der Waals surface area contributed by atoms with E-state index >= 15 is 0 Å². The Labute approximate surface area is 91.9 Å². The van der Waals surface area contributed by atoms with Gasteiger partial charge in [0.25, 0.3) is 0 Å². The Hall–Kier alpha value is -1.95. The summed E-state index contributed by atoms with van der Waals surface area (Å²) >= 11 is 0. The van der Waals surface area contributed by atoms with Gasteiger partial charge < -0.3 is 14.3 Å². The van der Waals surface area contributed by atoms with Crippen molar-refractivity contribution >= 4 is 0 Å². The summed E-state index contributed by atoms with van der Waals surface area (Å²) in [5, 5.41) is 7.84.